The summed E-state index contributed by atoms with van der Waals surface area (Å²) in [6.45, 7) is 4.55. The molecule has 0 saturated carbocycles. The van der Waals surface area contributed by atoms with Gasteiger partial charge < -0.3 is 10.6 Å². The number of likely N-dealkylation sites (tertiary alicyclic amines) is 1. The predicted molar refractivity (Wildman–Crippen MR) is 89.6 cm³/mol. The molecule has 2 N–H and O–H groups in total. The van der Waals surface area contributed by atoms with E-state index in [1.54, 1.807) is 24.3 Å². The molecule has 1 aliphatic heterocycles. The van der Waals surface area contributed by atoms with Crippen molar-refractivity contribution in [3.05, 3.63) is 30.3 Å². The molecule has 0 radical (unpaired) electrons. The smallest absolute Gasteiger partial charge is 0.191 e. The molecule has 1 aliphatic rings. The van der Waals surface area contributed by atoms with Crippen LogP contribution in [-0.4, -0.2) is 44.7 Å². The summed E-state index contributed by atoms with van der Waals surface area (Å²) in [5.41, 5.74) is 6.00. The van der Waals surface area contributed by atoms with Crippen LogP contribution in [0.25, 0.3) is 0 Å². The molecule has 22 heavy (non-hydrogen) atoms. The lowest BCUT2D eigenvalue weighted by Gasteiger charge is -2.31. The van der Waals surface area contributed by atoms with Gasteiger partial charge in [-0.2, -0.15) is 0 Å². The first-order valence-electron chi connectivity index (χ1n) is 7.82. The van der Waals surface area contributed by atoms with E-state index in [2.05, 4.69) is 16.8 Å². The number of piperidine rings is 1. The summed E-state index contributed by atoms with van der Waals surface area (Å²) in [7, 11) is -3.22. The minimum atomic E-state index is -3.22. The van der Waals surface area contributed by atoms with Crippen molar-refractivity contribution in [1.29, 1.82) is 0 Å². The Morgan fingerprint density at radius 2 is 2.09 bits per heavy atom. The van der Waals surface area contributed by atoms with Crippen LogP contribution in [0.2, 0.25) is 0 Å². The third kappa shape index (κ3) is 4.73. The van der Waals surface area contributed by atoms with E-state index in [-0.39, 0.29) is 5.75 Å². The summed E-state index contributed by atoms with van der Waals surface area (Å²) >= 11 is 0. The topological polar surface area (TPSA) is 75.8 Å². The number of guanidine groups is 1. The van der Waals surface area contributed by atoms with Crippen LogP contribution in [0, 0.1) is 5.92 Å². The minimum absolute atomic E-state index is 0.101. The lowest BCUT2D eigenvalue weighted by Crippen LogP contribution is -2.43. The molecule has 1 saturated heterocycles. The van der Waals surface area contributed by atoms with Crippen molar-refractivity contribution < 1.29 is 8.42 Å². The molecular formula is C16H25N3O2S. The summed E-state index contributed by atoms with van der Waals surface area (Å²) in [6, 6.07) is 8.54. The van der Waals surface area contributed by atoms with Crippen molar-refractivity contribution in [1.82, 2.24) is 4.90 Å². The van der Waals surface area contributed by atoms with Gasteiger partial charge in [-0.05, 0) is 37.3 Å². The Bertz CT molecular complexity index is 599. The number of aliphatic imine (C=N–C) groups is 1. The quantitative estimate of drug-likeness (QED) is 0.510. The van der Waals surface area contributed by atoms with Gasteiger partial charge in [0.1, 0.15) is 0 Å². The second-order valence-corrected chi connectivity index (χ2v) is 8.03. The molecule has 5 nitrogen and oxygen atoms in total. The highest BCUT2D eigenvalue weighted by Gasteiger charge is 2.17. The highest BCUT2D eigenvalue weighted by Crippen LogP contribution is 2.15. The zero-order valence-electron chi connectivity index (χ0n) is 13.1. The highest BCUT2D eigenvalue weighted by atomic mass is 32.2. The number of sulfone groups is 1. The van der Waals surface area contributed by atoms with Gasteiger partial charge in [-0.15, -0.1) is 0 Å². The van der Waals surface area contributed by atoms with Gasteiger partial charge in [0.2, 0.25) is 0 Å². The summed E-state index contributed by atoms with van der Waals surface area (Å²) in [4.78, 5) is 6.80. The Balaban J connectivity index is 1.82. The molecule has 6 heteroatoms. The predicted octanol–water partition coefficient (Wildman–Crippen LogP) is 1.90. The third-order valence-electron chi connectivity index (χ3n) is 3.93. The first-order valence-corrected chi connectivity index (χ1v) is 9.47. The van der Waals surface area contributed by atoms with Crippen molar-refractivity contribution in [2.45, 2.75) is 31.1 Å². The average Bonchev–Trinajstić information content (AvgIpc) is 2.52. The standard InChI is InChI=1S/C16H25N3O2S/c1-14-7-5-11-19(13-14)16(17)18-10-6-12-22(20,21)15-8-3-2-4-9-15/h2-4,8-9,14H,5-7,10-13H2,1H3,(H2,17,18). The normalized spacial score (nSPS) is 20.1. The fourth-order valence-corrected chi connectivity index (χ4v) is 4.01. The lowest BCUT2D eigenvalue weighted by molar-refractivity contribution is 0.270. The maximum absolute atomic E-state index is 12.1. The second kappa shape index (κ2) is 7.63. The number of nitrogens with two attached hydrogens (primary N) is 1. The van der Waals surface area contributed by atoms with E-state index >= 15 is 0 Å². The molecule has 0 bridgehead atoms. The fraction of sp³-hybridized carbons (Fsp3) is 0.562. The number of rotatable bonds is 5. The summed E-state index contributed by atoms with van der Waals surface area (Å²) in [5, 5.41) is 0. The van der Waals surface area contributed by atoms with Crippen LogP contribution in [-0.2, 0) is 9.84 Å². The largest absolute Gasteiger partial charge is 0.370 e. The lowest BCUT2D eigenvalue weighted by atomic mass is 10.0. The van der Waals surface area contributed by atoms with E-state index in [0.29, 0.717) is 29.7 Å². The van der Waals surface area contributed by atoms with Gasteiger partial charge in [0, 0.05) is 19.6 Å². The SMILES string of the molecule is CC1CCCN(C(N)=NCCCS(=O)(=O)c2ccccc2)C1. The molecule has 0 aromatic heterocycles. The molecule has 1 aromatic rings. The van der Waals surface area contributed by atoms with Gasteiger partial charge in [0.25, 0.3) is 0 Å². The molecule has 1 unspecified atom stereocenters. The Kier molecular flexibility index (Phi) is 5.83. The van der Waals surface area contributed by atoms with Gasteiger partial charge >= 0.3 is 0 Å². The first-order chi connectivity index (χ1) is 10.5. The van der Waals surface area contributed by atoms with Gasteiger partial charge in [-0.3, -0.25) is 4.99 Å². The van der Waals surface area contributed by atoms with Crippen molar-refractivity contribution in [3.63, 3.8) is 0 Å². The fourth-order valence-electron chi connectivity index (χ4n) is 2.69. The second-order valence-electron chi connectivity index (χ2n) is 5.92. The van der Waals surface area contributed by atoms with Gasteiger partial charge in [-0.25, -0.2) is 8.42 Å². The molecule has 0 aliphatic carbocycles. The first kappa shape index (κ1) is 16.8. The number of nitrogens with zero attached hydrogens (tertiary/aromatic N) is 2. The monoisotopic (exact) mass is 323 g/mol. The Morgan fingerprint density at radius 3 is 2.77 bits per heavy atom. The third-order valence-corrected chi connectivity index (χ3v) is 5.74. The molecule has 2 rings (SSSR count). The van der Waals surface area contributed by atoms with E-state index in [9.17, 15) is 8.42 Å². The van der Waals surface area contributed by atoms with Gasteiger partial charge in [0.05, 0.1) is 10.6 Å². The van der Waals surface area contributed by atoms with Crippen molar-refractivity contribution in [2.24, 2.45) is 16.6 Å². The van der Waals surface area contributed by atoms with Crippen LogP contribution in [0.1, 0.15) is 26.2 Å². The Hall–Kier alpha value is -1.56. The van der Waals surface area contributed by atoms with Crippen LogP contribution in [0.4, 0.5) is 0 Å². The van der Waals surface area contributed by atoms with Gasteiger partial charge in [-0.1, -0.05) is 25.1 Å². The maximum atomic E-state index is 12.1. The molecule has 1 fully saturated rings. The minimum Gasteiger partial charge on any atom is -0.370 e. The molecule has 1 aromatic carbocycles. The Morgan fingerprint density at radius 1 is 1.36 bits per heavy atom. The van der Waals surface area contributed by atoms with Crippen molar-refractivity contribution in [2.75, 3.05) is 25.4 Å². The van der Waals surface area contributed by atoms with Crippen LogP contribution in [0.3, 0.4) is 0 Å². The maximum Gasteiger partial charge on any atom is 0.191 e. The van der Waals surface area contributed by atoms with Gasteiger partial charge in [0.15, 0.2) is 15.8 Å². The van der Waals surface area contributed by atoms with E-state index in [0.717, 1.165) is 19.5 Å². The van der Waals surface area contributed by atoms with Crippen LogP contribution >= 0.6 is 0 Å². The number of benzene rings is 1. The van der Waals surface area contributed by atoms with Crippen molar-refractivity contribution >= 4 is 15.8 Å². The van der Waals surface area contributed by atoms with E-state index in [4.69, 9.17) is 5.73 Å². The summed E-state index contributed by atoms with van der Waals surface area (Å²) in [6.07, 6.45) is 2.86. The van der Waals surface area contributed by atoms with E-state index in [1.165, 1.54) is 6.42 Å². The van der Waals surface area contributed by atoms with Crippen LogP contribution in [0.15, 0.2) is 40.2 Å². The van der Waals surface area contributed by atoms with Crippen LogP contribution < -0.4 is 5.73 Å². The summed E-state index contributed by atoms with van der Waals surface area (Å²) < 4.78 is 24.3. The molecule has 0 spiro atoms. The summed E-state index contributed by atoms with van der Waals surface area (Å²) in [5.74, 6) is 1.29. The molecule has 1 atom stereocenters. The highest BCUT2D eigenvalue weighted by molar-refractivity contribution is 7.91. The van der Waals surface area contributed by atoms with Crippen molar-refractivity contribution in [3.8, 4) is 0 Å². The number of hydrogen-bond donors (Lipinski definition) is 1. The zero-order valence-corrected chi connectivity index (χ0v) is 13.9. The number of hydrogen-bond acceptors (Lipinski definition) is 3. The average molecular weight is 323 g/mol. The van der Waals surface area contributed by atoms with Crippen LogP contribution in [0.5, 0.6) is 0 Å². The molecule has 0 amide bonds. The molecule has 1 heterocycles. The van der Waals surface area contributed by atoms with E-state index < -0.39 is 9.84 Å². The zero-order chi connectivity index (χ0) is 16.0. The molecule has 122 valence electrons. The Labute approximate surface area is 133 Å². The van der Waals surface area contributed by atoms with E-state index in [1.807, 2.05) is 6.07 Å². The molecular weight excluding hydrogens is 298 g/mol.